The van der Waals surface area contributed by atoms with E-state index >= 15 is 0 Å². The van der Waals surface area contributed by atoms with Crippen LogP contribution in [0.2, 0.25) is 0 Å². The molecule has 0 radical (unpaired) electrons. The summed E-state index contributed by atoms with van der Waals surface area (Å²) in [5, 5.41) is 3.12. The molecule has 1 aliphatic carbocycles. The Morgan fingerprint density at radius 1 is 1.29 bits per heavy atom. The molecule has 1 amide bonds. The van der Waals surface area contributed by atoms with E-state index in [1.54, 1.807) is 0 Å². The minimum absolute atomic E-state index is 0.0490. The van der Waals surface area contributed by atoms with E-state index in [1.165, 1.54) is 17.5 Å². The Morgan fingerprint density at radius 3 is 2.57 bits per heavy atom. The topological polar surface area (TPSA) is 55.1 Å². The van der Waals surface area contributed by atoms with Gasteiger partial charge in [-0.2, -0.15) is 0 Å². The second-order valence-electron chi connectivity index (χ2n) is 5.98. The van der Waals surface area contributed by atoms with Crippen LogP contribution in [0.4, 0.5) is 0 Å². The van der Waals surface area contributed by atoms with Crippen LogP contribution in [0, 0.1) is 6.92 Å². The van der Waals surface area contributed by atoms with Crippen molar-refractivity contribution in [1.29, 1.82) is 0 Å². The molecule has 1 aromatic rings. The van der Waals surface area contributed by atoms with E-state index in [1.807, 2.05) is 12.1 Å². The highest BCUT2D eigenvalue weighted by Gasteiger charge is 2.36. The number of benzene rings is 1. The summed E-state index contributed by atoms with van der Waals surface area (Å²) in [6.07, 6.45) is 6.34. The van der Waals surface area contributed by atoms with Crippen LogP contribution in [0.25, 0.3) is 0 Å². The summed E-state index contributed by atoms with van der Waals surface area (Å²) in [6.45, 7) is 2.07. The second-order valence-corrected chi connectivity index (χ2v) is 6.42. The Morgan fingerprint density at radius 2 is 1.95 bits per heavy atom. The molecule has 0 aromatic heterocycles. The number of carbonyl (C=O) groups is 1. The molecule has 1 saturated carbocycles. The fourth-order valence-electron chi connectivity index (χ4n) is 3.06. The summed E-state index contributed by atoms with van der Waals surface area (Å²) >= 11 is 5.21. The number of rotatable bonds is 5. The van der Waals surface area contributed by atoms with Gasteiger partial charge in [0.05, 0.1) is 10.5 Å². The van der Waals surface area contributed by atoms with Gasteiger partial charge in [-0.05, 0) is 37.3 Å². The molecule has 0 atom stereocenters. The van der Waals surface area contributed by atoms with Gasteiger partial charge in [-0.25, -0.2) is 0 Å². The standard InChI is InChI=1S/C17H24N2OS/c1-13-7-3-4-8-14(13)9-10-15(20)19-17(16(18)21)11-5-2-6-12-17/h3-4,7-8H,2,5-6,9-12H2,1H3,(H2,18,21)(H,19,20). The van der Waals surface area contributed by atoms with Crippen molar-refractivity contribution in [3.63, 3.8) is 0 Å². The predicted octanol–water partition coefficient (Wildman–Crippen LogP) is 3.03. The van der Waals surface area contributed by atoms with E-state index in [0.29, 0.717) is 11.4 Å². The first-order chi connectivity index (χ1) is 10.0. The quantitative estimate of drug-likeness (QED) is 0.822. The van der Waals surface area contributed by atoms with Crippen LogP contribution in [0.3, 0.4) is 0 Å². The fraction of sp³-hybridized carbons (Fsp3) is 0.529. The Hall–Kier alpha value is -1.42. The lowest BCUT2D eigenvalue weighted by Gasteiger charge is -2.37. The number of amides is 1. The third-order valence-corrected chi connectivity index (χ3v) is 4.83. The Labute approximate surface area is 132 Å². The third kappa shape index (κ3) is 4.03. The molecule has 1 aliphatic rings. The smallest absolute Gasteiger partial charge is 0.221 e. The number of hydrogen-bond acceptors (Lipinski definition) is 2. The Kier molecular flexibility index (Phi) is 5.34. The van der Waals surface area contributed by atoms with Crippen LogP contribution >= 0.6 is 12.2 Å². The van der Waals surface area contributed by atoms with Crippen molar-refractivity contribution in [2.45, 2.75) is 57.4 Å². The number of thiocarbonyl (C=S) groups is 1. The molecule has 1 fully saturated rings. The summed E-state index contributed by atoms with van der Waals surface area (Å²) < 4.78 is 0. The molecule has 0 unspecified atom stereocenters. The molecule has 0 spiro atoms. The van der Waals surface area contributed by atoms with Crippen LogP contribution in [-0.2, 0) is 11.2 Å². The maximum atomic E-state index is 12.3. The van der Waals surface area contributed by atoms with Crippen LogP contribution in [0.5, 0.6) is 0 Å². The molecule has 114 valence electrons. The molecule has 0 aliphatic heterocycles. The third-order valence-electron chi connectivity index (χ3n) is 4.44. The number of hydrogen-bond donors (Lipinski definition) is 2. The minimum Gasteiger partial charge on any atom is -0.391 e. The van der Waals surface area contributed by atoms with Gasteiger partial charge in [0.1, 0.15) is 0 Å². The van der Waals surface area contributed by atoms with Gasteiger partial charge >= 0.3 is 0 Å². The molecule has 3 N–H and O–H groups in total. The number of nitrogens with two attached hydrogens (primary N) is 1. The van der Waals surface area contributed by atoms with Crippen molar-refractivity contribution in [1.82, 2.24) is 5.32 Å². The van der Waals surface area contributed by atoms with Crippen LogP contribution in [0.15, 0.2) is 24.3 Å². The first kappa shape index (κ1) is 16.0. The Bertz CT molecular complexity index is 521. The lowest BCUT2D eigenvalue weighted by atomic mass is 9.81. The monoisotopic (exact) mass is 304 g/mol. The summed E-state index contributed by atoms with van der Waals surface area (Å²) in [4.78, 5) is 12.7. The summed E-state index contributed by atoms with van der Waals surface area (Å²) in [6, 6.07) is 8.18. The molecule has 0 saturated heterocycles. The molecule has 2 rings (SSSR count). The second kappa shape index (κ2) is 7.03. The van der Waals surface area contributed by atoms with E-state index in [2.05, 4.69) is 24.4 Å². The summed E-state index contributed by atoms with van der Waals surface area (Å²) in [7, 11) is 0. The Balaban J connectivity index is 1.94. The average molecular weight is 304 g/mol. The number of aryl methyl sites for hydroxylation is 2. The molecule has 1 aromatic carbocycles. The zero-order chi connectivity index (χ0) is 15.3. The maximum absolute atomic E-state index is 12.3. The van der Waals surface area contributed by atoms with Crippen LogP contribution in [-0.4, -0.2) is 16.4 Å². The van der Waals surface area contributed by atoms with E-state index in [4.69, 9.17) is 18.0 Å². The lowest BCUT2D eigenvalue weighted by molar-refractivity contribution is -0.122. The van der Waals surface area contributed by atoms with E-state index in [9.17, 15) is 4.79 Å². The largest absolute Gasteiger partial charge is 0.391 e. The zero-order valence-electron chi connectivity index (χ0n) is 12.7. The van der Waals surface area contributed by atoms with Crippen molar-refractivity contribution in [3.05, 3.63) is 35.4 Å². The maximum Gasteiger partial charge on any atom is 0.221 e. The first-order valence-electron chi connectivity index (χ1n) is 7.69. The molecular weight excluding hydrogens is 280 g/mol. The highest BCUT2D eigenvalue weighted by atomic mass is 32.1. The van der Waals surface area contributed by atoms with Gasteiger partial charge in [0.15, 0.2) is 0 Å². The summed E-state index contributed by atoms with van der Waals surface area (Å²) in [5.41, 5.74) is 7.90. The zero-order valence-corrected chi connectivity index (χ0v) is 13.5. The molecule has 21 heavy (non-hydrogen) atoms. The van der Waals surface area contributed by atoms with Gasteiger partial charge in [-0.3, -0.25) is 4.79 Å². The number of nitrogens with one attached hydrogen (secondary N) is 1. The van der Waals surface area contributed by atoms with Crippen LogP contribution < -0.4 is 11.1 Å². The van der Waals surface area contributed by atoms with Gasteiger partial charge in [-0.15, -0.1) is 0 Å². The van der Waals surface area contributed by atoms with Crippen molar-refractivity contribution in [2.75, 3.05) is 0 Å². The van der Waals surface area contributed by atoms with E-state index in [-0.39, 0.29) is 5.91 Å². The highest BCUT2D eigenvalue weighted by molar-refractivity contribution is 7.80. The van der Waals surface area contributed by atoms with Gasteiger partial charge in [0.2, 0.25) is 5.91 Å². The van der Waals surface area contributed by atoms with Gasteiger partial charge in [-0.1, -0.05) is 55.7 Å². The van der Waals surface area contributed by atoms with Gasteiger partial charge in [0.25, 0.3) is 0 Å². The van der Waals surface area contributed by atoms with Gasteiger partial charge in [0, 0.05) is 6.42 Å². The van der Waals surface area contributed by atoms with Crippen molar-refractivity contribution in [3.8, 4) is 0 Å². The minimum atomic E-state index is -0.448. The average Bonchev–Trinajstić information content (AvgIpc) is 2.47. The van der Waals surface area contributed by atoms with Crippen molar-refractivity contribution < 1.29 is 4.79 Å². The molecular formula is C17H24N2OS. The van der Waals surface area contributed by atoms with E-state index < -0.39 is 5.54 Å². The van der Waals surface area contributed by atoms with E-state index in [0.717, 1.165) is 32.1 Å². The lowest BCUT2D eigenvalue weighted by Crippen LogP contribution is -2.57. The van der Waals surface area contributed by atoms with Crippen molar-refractivity contribution >= 4 is 23.1 Å². The molecule has 4 heteroatoms. The van der Waals surface area contributed by atoms with Gasteiger partial charge < -0.3 is 11.1 Å². The fourth-order valence-corrected chi connectivity index (χ4v) is 3.31. The number of carbonyl (C=O) groups excluding carboxylic acids is 1. The normalized spacial score (nSPS) is 17.2. The molecule has 0 bridgehead atoms. The van der Waals surface area contributed by atoms with Crippen LogP contribution in [0.1, 0.15) is 49.7 Å². The SMILES string of the molecule is Cc1ccccc1CCC(=O)NC1(C(N)=S)CCCCC1. The highest BCUT2D eigenvalue weighted by Crippen LogP contribution is 2.28. The van der Waals surface area contributed by atoms with Crippen molar-refractivity contribution in [2.24, 2.45) is 5.73 Å². The predicted molar refractivity (Wildman–Crippen MR) is 90.2 cm³/mol. The molecule has 0 heterocycles. The first-order valence-corrected chi connectivity index (χ1v) is 8.10. The molecule has 3 nitrogen and oxygen atoms in total. The summed E-state index contributed by atoms with van der Waals surface area (Å²) in [5.74, 6) is 0.0490.